The topological polar surface area (TPSA) is 85.4 Å². The van der Waals surface area contributed by atoms with Gasteiger partial charge in [-0.3, -0.25) is 14.6 Å². The van der Waals surface area contributed by atoms with Crippen LogP contribution in [0.1, 0.15) is 36.0 Å². The summed E-state index contributed by atoms with van der Waals surface area (Å²) in [7, 11) is 1.29. The van der Waals surface area contributed by atoms with Crippen LogP contribution < -0.4 is 5.32 Å². The van der Waals surface area contributed by atoms with Gasteiger partial charge in [-0.05, 0) is 30.9 Å². The first kappa shape index (κ1) is 17.1. The van der Waals surface area contributed by atoms with Crippen molar-refractivity contribution in [2.75, 3.05) is 7.11 Å². The quantitative estimate of drug-likeness (QED) is 0.863. The summed E-state index contributed by atoms with van der Waals surface area (Å²) in [6.07, 6.45) is 3.83. The molecule has 0 saturated heterocycles. The second-order valence-corrected chi connectivity index (χ2v) is 6.25. The molecule has 25 heavy (non-hydrogen) atoms. The fourth-order valence-corrected chi connectivity index (χ4v) is 3.35. The Morgan fingerprint density at radius 1 is 1.28 bits per heavy atom. The number of rotatable bonds is 4. The Labute approximate surface area is 145 Å². The largest absolute Gasteiger partial charge is 0.467 e. The lowest BCUT2D eigenvalue weighted by Gasteiger charge is -2.28. The number of benzene rings is 1. The van der Waals surface area contributed by atoms with Crippen LogP contribution in [-0.2, 0) is 14.3 Å². The van der Waals surface area contributed by atoms with E-state index in [1.54, 1.807) is 12.3 Å². The molecule has 1 fully saturated rings. The summed E-state index contributed by atoms with van der Waals surface area (Å²) in [6.45, 7) is 0. The average molecular weight is 340 g/mol. The number of carbonyl (C=O) groups is 3. The molecule has 130 valence electrons. The SMILES string of the molecule is COC(=O)[C@@H](NC(=O)c1ccnc2ccccc12)[C@H]1CCCC(=O)C1. The summed E-state index contributed by atoms with van der Waals surface area (Å²) < 4.78 is 4.85. The molecular formula is C19H20N2O4. The maximum absolute atomic E-state index is 12.8. The van der Waals surface area contributed by atoms with E-state index in [0.717, 1.165) is 6.42 Å². The highest BCUT2D eigenvalue weighted by Gasteiger charge is 2.34. The molecule has 2 aromatic rings. The van der Waals surface area contributed by atoms with Gasteiger partial charge in [-0.1, -0.05) is 18.2 Å². The monoisotopic (exact) mass is 340 g/mol. The molecule has 1 N–H and O–H groups in total. The molecule has 2 atom stereocenters. The van der Waals surface area contributed by atoms with E-state index in [9.17, 15) is 14.4 Å². The molecular weight excluding hydrogens is 320 g/mol. The fourth-order valence-electron chi connectivity index (χ4n) is 3.35. The molecule has 1 amide bonds. The number of nitrogens with one attached hydrogen (secondary N) is 1. The van der Waals surface area contributed by atoms with Gasteiger partial charge < -0.3 is 10.1 Å². The number of carbonyl (C=O) groups excluding carboxylic acids is 3. The number of amides is 1. The molecule has 1 aromatic carbocycles. The van der Waals surface area contributed by atoms with E-state index in [-0.39, 0.29) is 24.0 Å². The Morgan fingerprint density at radius 3 is 2.84 bits per heavy atom. The summed E-state index contributed by atoms with van der Waals surface area (Å²) in [6, 6.07) is 8.12. The molecule has 6 heteroatoms. The van der Waals surface area contributed by atoms with E-state index in [1.165, 1.54) is 7.11 Å². The molecule has 0 unspecified atom stereocenters. The summed E-state index contributed by atoms with van der Waals surface area (Å²) in [5, 5.41) is 3.49. The van der Waals surface area contributed by atoms with Crippen LogP contribution in [0.25, 0.3) is 10.9 Å². The molecule has 3 rings (SSSR count). The first-order valence-corrected chi connectivity index (χ1v) is 8.34. The van der Waals surface area contributed by atoms with Gasteiger partial charge in [0.2, 0.25) is 0 Å². The number of hydrogen-bond acceptors (Lipinski definition) is 5. The Hall–Kier alpha value is -2.76. The van der Waals surface area contributed by atoms with Crippen molar-refractivity contribution in [2.45, 2.75) is 31.7 Å². The van der Waals surface area contributed by atoms with E-state index in [2.05, 4.69) is 10.3 Å². The number of para-hydroxylation sites is 1. The number of Topliss-reactive ketones (excluding diaryl/α,β-unsaturated/α-hetero) is 1. The highest BCUT2D eigenvalue weighted by molar-refractivity contribution is 6.07. The van der Waals surface area contributed by atoms with Crippen LogP contribution in [0.15, 0.2) is 36.5 Å². The van der Waals surface area contributed by atoms with Gasteiger partial charge in [-0.15, -0.1) is 0 Å². The summed E-state index contributed by atoms with van der Waals surface area (Å²) in [5.74, 6) is -1.00. The second kappa shape index (κ2) is 7.42. The van der Waals surface area contributed by atoms with E-state index in [0.29, 0.717) is 29.3 Å². The lowest BCUT2D eigenvalue weighted by Crippen LogP contribution is -2.48. The van der Waals surface area contributed by atoms with Crippen molar-refractivity contribution >= 4 is 28.6 Å². The number of methoxy groups -OCH3 is 1. The molecule has 0 aliphatic heterocycles. The first-order valence-electron chi connectivity index (χ1n) is 8.34. The van der Waals surface area contributed by atoms with Gasteiger partial charge in [0.25, 0.3) is 5.91 Å². The van der Waals surface area contributed by atoms with Gasteiger partial charge in [0, 0.05) is 24.4 Å². The minimum absolute atomic E-state index is 0.119. The standard InChI is InChI=1S/C19H20N2O4/c1-25-19(24)17(12-5-4-6-13(22)11-12)21-18(23)15-9-10-20-16-8-3-2-7-14(15)16/h2-3,7-10,12,17H,4-6,11H2,1H3,(H,21,23)/t12-,17-/m0/s1. The number of ketones is 1. The lowest BCUT2D eigenvalue weighted by atomic mass is 9.83. The van der Waals surface area contributed by atoms with E-state index in [1.807, 2.05) is 24.3 Å². The Morgan fingerprint density at radius 2 is 2.08 bits per heavy atom. The highest BCUT2D eigenvalue weighted by Crippen LogP contribution is 2.26. The number of hydrogen-bond donors (Lipinski definition) is 1. The number of nitrogens with zero attached hydrogens (tertiary/aromatic N) is 1. The Balaban J connectivity index is 1.87. The van der Waals surface area contributed by atoms with E-state index >= 15 is 0 Å². The molecule has 1 aromatic heterocycles. The molecule has 1 aliphatic rings. The van der Waals surface area contributed by atoms with E-state index < -0.39 is 12.0 Å². The van der Waals surface area contributed by atoms with Crippen molar-refractivity contribution in [1.29, 1.82) is 0 Å². The average Bonchev–Trinajstić information content (AvgIpc) is 2.64. The van der Waals surface area contributed by atoms with Crippen LogP contribution in [-0.4, -0.2) is 35.8 Å². The summed E-state index contributed by atoms with van der Waals surface area (Å²) in [5.41, 5.74) is 1.15. The molecule has 0 spiro atoms. The molecule has 0 radical (unpaired) electrons. The molecule has 6 nitrogen and oxygen atoms in total. The predicted octanol–water partition coefficient (Wildman–Crippen LogP) is 2.27. The van der Waals surface area contributed by atoms with Crippen molar-refractivity contribution in [2.24, 2.45) is 5.92 Å². The molecule has 1 saturated carbocycles. The minimum atomic E-state index is -0.825. The third-order valence-corrected chi connectivity index (χ3v) is 4.63. The Kier molecular flexibility index (Phi) is 5.07. The van der Waals surface area contributed by atoms with Crippen LogP contribution >= 0.6 is 0 Å². The van der Waals surface area contributed by atoms with Crippen LogP contribution in [0.3, 0.4) is 0 Å². The maximum Gasteiger partial charge on any atom is 0.328 e. The van der Waals surface area contributed by atoms with Gasteiger partial charge in [0.1, 0.15) is 11.8 Å². The summed E-state index contributed by atoms with van der Waals surface area (Å²) in [4.78, 5) is 41.0. The number of pyridine rings is 1. The van der Waals surface area contributed by atoms with Gasteiger partial charge in [-0.25, -0.2) is 4.79 Å². The Bertz CT molecular complexity index is 813. The van der Waals surface area contributed by atoms with E-state index in [4.69, 9.17) is 4.74 Å². The van der Waals surface area contributed by atoms with Crippen molar-refractivity contribution in [3.05, 3.63) is 42.1 Å². The van der Waals surface area contributed by atoms with Gasteiger partial charge in [-0.2, -0.15) is 0 Å². The number of ether oxygens (including phenoxy) is 1. The van der Waals surface area contributed by atoms with Crippen molar-refractivity contribution in [3.8, 4) is 0 Å². The van der Waals surface area contributed by atoms with Crippen LogP contribution in [0.4, 0.5) is 0 Å². The van der Waals surface area contributed by atoms with Crippen molar-refractivity contribution in [1.82, 2.24) is 10.3 Å². The number of esters is 1. The first-order chi connectivity index (χ1) is 12.1. The smallest absolute Gasteiger partial charge is 0.328 e. The normalized spacial score (nSPS) is 18.6. The van der Waals surface area contributed by atoms with Crippen molar-refractivity contribution < 1.29 is 19.1 Å². The van der Waals surface area contributed by atoms with Gasteiger partial charge >= 0.3 is 5.97 Å². The zero-order valence-electron chi connectivity index (χ0n) is 14.0. The fraction of sp³-hybridized carbons (Fsp3) is 0.368. The molecule has 0 bridgehead atoms. The zero-order valence-corrected chi connectivity index (χ0v) is 14.0. The zero-order chi connectivity index (χ0) is 17.8. The number of aromatic nitrogens is 1. The van der Waals surface area contributed by atoms with Crippen LogP contribution in [0.2, 0.25) is 0 Å². The van der Waals surface area contributed by atoms with Crippen LogP contribution in [0.5, 0.6) is 0 Å². The minimum Gasteiger partial charge on any atom is -0.467 e. The van der Waals surface area contributed by atoms with Gasteiger partial charge in [0.15, 0.2) is 0 Å². The van der Waals surface area contributed by atoms with Gasteiger partial charge in [0.05, 0.1) is 18.2 Å². The second-order valence-electron chi connectivity index (χ2n) is 6.25. The highest BCUT2D eigenvalue weighted by atomic mass is 16.5. The third kappa shape index (κ3) is 3.68. The third-order valence-electron chi connectivity index (χ3n) is 4.63. The maximum atomic E-state index is 12.8. The molecule has 1 heterocycles. The predicted molar refractivity (Wildman–Crippen MR) is 92.0 cm³/mol. The number of fused-ring (bicyclic) bond motifs is 1. The lowest BCUT2D eigenvalue weighted by molar-refractivity contribution is -0.145. The molecule has 1 aliphatic carbocycles. The summed E-state index contributed by atoms with van der Waals surface area (Å²) >= 11 is 0. The van der Waals surface area contributed by atoms with Crippen molar-refractivity contribution in [3.63, 3.8) is 0 Å². The van der Waals surface area contributed by atoms with Crippen LogP contribution in [0, 0.1) is 5.92 Å².